The monoisotopic (exact) mass is 954 g/mol. The second-order valence-corrected chi connectivity index (χ2v) is 20.0. The molecule has 68 heavy (non-hydrogen) atoms. The number of hydrogen-bond donors (Lipinski definition) is 0. The zero-order valence-corrected chi connectivity index (χ0v) is 41.4. The molecule has 15 nitrogen and oxygen atoms in total. The third-order valence-corrected chi connectivity index (χ3v) is 15.8. The third kappa shape index (κ3) is 11.1. The summed E-state index contributed by atoms with van der Waals surface area (Å²) in [5, 5.41) is 10.4. The van der Waals surface area contributed by atoms with Crippen LogP contribution in [0.4, 0.5) is 0 Å². The van der Waals surface area contributed by atoms with Gasteiger partial charge in [0.2, 0.25) is 5.91 Å². The molecule has 2 saturated heterocycles. The van der Waals surface area contributed by atoms with Gasteiger partial charge in [0.15, 0.2) is 0 Å². The lowest BCUT2D eigenvalue weighted by Crippen LogP contribution is -2.49. The van der Waals surface area contributed by atoms with Crippen molar-refractivity contribution in [2.24, 2.45) is 29.1 Å². The lowest BCUT2D eigenvalue weighted by atomic mass is 9.77. The highest BCUT2D eigenvalue weighted by Crippen LogP contribution is 2.53. The smallest absolute Gasteiger partial charge is 0.259 e. The number of carbonyl (C=O) groups is 3. The maximum absolute atomic E-state index is 13.7. The molecule has 3 amide bonds. The molecule has 5 atom stereocenters. The van der Waals surface area contributed by atoms with Crippen LogP contribution < -0.4 is 14.2 Å². The first-order valence-corrected chi connectivity index (χ1v) is 24.8. The molecule has 16 heteroatoms. The van der Waals surface area contributed by atoms with Crippen molar-refractivity contribution >= 4 is 26.2 Å². The van der Waals surface area contributed by atoms with Crippen LogP contribution in [0.5, 0.6) is 17.2 Å². The number of likely N-dealkylation sites (tertiary alicyclic amines) is 1. The molecule has 5 unspecified atom stereocenters. The van der Waals surface area contributed by atoms with E-state index in [4.69, 9.17) is 37.6 Å². The van der Waals surface area contributed by atoms with E-state index in [9.17, 15) is 19.6 Å². The van der Waals surface area contributed by atoms with Crippen LogP contribution in [0, 0.1) is 40.4 Å². The molecule has 366 valence electrons. The van der Waals surface area contributed by atoms with Gasteiger partial charge in [-0.05, 0) is 118 Å². The Morgan fingerprint density at radius 3 is 1.71 bits per heavy atom. The van der Waals surface area contributed by atoms with E-state index in [-0.39, 0.29) is 99.5 Å². The van der Waals surface area contributed by atoms with Crippen LogP contribution in [0.3, 0.4) is 0 Å². The number of piperidine rings is 1. The van der Waals surface area contributed by atoms with Crippen molar-refractivity contribution in [2.45, 2.75) is 77.5 Å². The van der Waals surface area contributed by atoms with Gasteiger partial charge in [-0.15, -0.1) is 0 Å². The average Bonchev–Trinajstić information content (AvgIpc) is 4.05. The van der Waals surface area contributed by atoms with Gasteiger partial charge in [0.1, 0.15) is 29.5 Å². The zero-order chi connectivity index (χ0) is 48.4. The van der Waals surface area contributed by atoms with Crippen molar-refractivity contribution in [1.82, 2.24) is 14.6 Å². The molecule has 0 aromatic heterocycles. The maximum Gasteiger partial charge on any atom is 0.259 e. The molecule has 3 fully saturated rings. The van der Waals surface area contributed by atoms with Gasteiger partial charge in [0.05, 0.1) is 72.1 Å². The molecule has 2 aliphatic heterocycles. The third-order valence-electron chi connectivity index (χ3n) is 13.7. The summed E-state index contributed by atoms with van der Waals surface area (Å²) in [6, 6.07) is 26.1. The van der Waals surface area contributed by atoms with Crippen molar-refractivity contribution in [3.8, 4) is 23.3 Å². The van der Waals surface area contributed by atoms with Crippen LogP contribution in [0.2, 0.25) is 0 Å². The summed E-state index contributed by atoms with van der Waals surface area (Å²) in [5.41, 5.74) is 0.890. The molecule has 3 aromatic rings. The second kappa shape index (κ2) is 23.1. The Bertz CT molecular complexity index is 2070. The molecule has 2 aliphatic carbocycles. The van der Waals surface area contributed by atoms with E-state index in [1.54, 1.807) is 21.3 Å². The van der Waals surface area contributed by atoms with E-state index < -0.39 is 19.5 Å². The number of imide groups is 1. The lowest BCUT2D eigenvalue weighted by molar-refractivity contribution is -0.191. The number of fused-ring (bicyclic) bond motifs is 5. The zero-order valence-electron chi connectivity index (χ0n) is 40.5. The predicted octanol–water partition coefficient (Wildman–Crippen LogP) is 8.07. The topological polar surface area (TPSA) is 159 Å². The van der Waals surface area contributed by atoms with Crippen LogP contribution in [0.25, 0.3) is 0 Å². The summed E-state index contributed by atoms with van der Waals surface area (Å²) in [5.74, 6) is 1.07. The number of methoxy groups -OCH3 is 3. The molecule has 7 rings (SSSR count). The molecule has 0 N–H and O–H groups in total. The number of allylic oxidation sites excluding steroid dienone is 2. The van der Waals surface area contributed by atoms with Gasteiger partial charge in [0.25, 0.3) is 20.3 Å². The fourth-order valence-corrected chi connectivity index (χ4v) is 11.9. The molecular weight excluding hydrogens is 888 g/mol. The van der Waals surface area contributed by atoms with Gasteiger partial charge in [-0.2, -0.15) is 10.3 Å². The Kier molecular flexibility index (Phi) is 17.3. The molecule has 3 aromatic carbocycles. The van der Waals surface area contributed by atoms with Gasteiger partial charge in [-0.3, -0.25) is 19.2 Å². The number of ether oxygens (including phenoxy) is 5. The predicted molar refractivity (Wildman–Crippen MR) is 255 cm³/mol. The number of amides is 3. The highest BCUT2D eigenvalue weighted by molar-refractivity contribution is 7.44. The van der Waals surface area contributed by atoms with Crippen LogP contribution in [0.1, 0.15) is 76.5 Å². The van der Waals surface area contributed by atoms with E-state index >= 15 is 0 Å². The number of rotatable bonds is 25. The van der Waals surface area contributed by atoms with Crippen molar-refractivity contribution in [1.29, 1.82) is 5.26 Å². The number of nitrogens with zero attached hydrogens (tertiary/aromatic N) is 4. The van der Waals surface area contributed by atoms with Gasteiger partial charge < -0.3 is 37.6 Å². The highest BCUT2D eigenvalue weighted by atomic mass is 31.2. The minimum Gasteiger partial charge on any atom is -0.497 e. The highest BCUT2D eigenvalue weighted by Gasteiger charge is 2.60. The Balaban J connectivity index is 1.09. The quantitative estimate of drug-likeness (QED) is 0.0264. The second-order valence-electron chi connectivity index (χ2n) is 18.6. The summed E-state index contributed by atoms with van der Waals surface area (Å²) in [4.78, 5) is 47.2. The van der Waals surface area contributed by atoms with Gasteiger partial charge in [-0.1, -0.05) is 48.6 Å². The fraction of sp³-hybridized carbons (Fsp3) is 0.538. The van der Waals surface area contributed by atoms with E-state index in [1.807, 2.05) is 77.7 Å². The molecule has 0 radical (unpaired) electrons. The van der Waals surface area contributed by atoms with Crippen molar-refractivity contribution in [2.75, 3.05) is 74.1 Å². The first-order chi connectivity index (χ1) is 32.9. The first-order valence-electron chi connectivity index (χ1n) is 23.7. The van der Waals surface area contributed by atoms with Crippen molar-refractivity contribution in [3.05, 3.63) is 102 Å². The molecule has 0 spiro atoms. The average molecular weight is 955 g/mol. The van der Waals surface area contributed by atoms with E-state index in [2.05, 4.69) is 50.6 Å². The number of nitriles is 1. The summed E-state index contributed by atoms with van der Waals surface area (Å²) >= 11 is 0. The van der Waals surface area contributed by atoms with E-state index in [1.165, 1.54) is 0 Å². The minimum absolute atomic E-state index is 0.104. The van der Waals surface area contributed by atoms with Crippen molar-refractivity contribution < 1.29 is 52.0 Å². The lowest BCUT2D eigenvalue weighted by Gasteiger charge is -2.45. The molecular formula is C52H67N4O11P. The number of benzene rings is 3. The molecule has 4 aliphatic rings. The number of hydroxylamine groups is 2. The SMILES string of the molecule is COc1ccc(C(OCC2(COP(OCCC#N)N(C(C)C)C(C)C)CCN(C(=O)COCCCON3C(=O)C4C5C=CC(C5)C4C3=O)CC2)(c2ccc(OC)cc2)c2ccc(OC)cc2)cc1. The first kappa shape index (κ1) is 51.0. The van der Waals surface area contributed by atoms with E-state index in [0.717, 1.165) is 28.2 Å². The Morgan fingerprint density at radius 1 is 0.750 bits per heavy atom. The largest absolute Gasteiger partial charge is 0.497 e. The minimum atomic E-state index is -1.58. The Labute approximate surface area is 402 Å². The summed E-state index contributed by atoms with van der Waals surface area (Å²) in [6.07, 6.45) is 6.71. The molecule has 1 saturated carbocycles. The van der Waals surface area contributed by atoms with Crippen LogP contribution in [-0.4, -0.2) is 118 Å². The maximum atomic E-state index is 13.7. The van der Waals surface area contributed by atoms with E-state index in [0.29, 0.717) is 49.6 Å². The van der Waals surface area contributed by atoms with Gasteiger partial charge >= 0.3 is 0 Å². The van der Waals surface area contributed by atoms with Crippen LogP contribution in [0.15, 0.2) is 84.9 Å². The molecule has 2 heterocycles. The van der Waals surface area contributed by atoms with Crippen molar-refractivity contribution in [3.63, 3.8) is 0 Å². The number of hydrogen-bond acceptors (Lipinski definition) is 13. The molecule has 2 bridgehead atoms. The summed E-state index contributed by atoms with van der Waals surface area (Å²) < 4.78 is 45.6. The number of carbonyl (C=O) groups excluding carboxylic acids is 3. The van der Waals surface area contributed by atoms with Crippen LogP contribution >= 0.6 is 8.53 Å². The Morgan fingerprint density at radius 2 is 1.25 bits per heavy atom. The van der Waals surface area contributed by atoms with Crippen LogP contribution in [-0.2, 0) is 43.3 Å². The van der Waals surface area contributed by atoms with Gasteiger partial charge in [-0.25, -0.2) is 4.67 Å². The normalized spacial score (nSPS) is 21.2. The Hall–Kier alpha value is -4.91. The standard InChI is InChI=1S/C52H67N4O11P/c1-36(2)56(37(3)4)68(66-31-8-26-53)67-35-51(24-27-54(28-25-51)46(57)33-63-29-9-30-65-55-49(58)47-38-10-11-39(32-38)48(47)50(55)59)34-64-52(40-12-18-43(60-5)19-13-40,41-14-20-44(61-6)21-15-41)42-16-22-45(62-7)23-17-42/h10-23,36-39,47-48H,8-9,24-25,27-35H2,1-7H3. The van der Waals surface area contributed by atoms with Gasteiger partial charge in [0, 0.05) is 37.2 Å². The fourth-order valence-electron chi connectivity index (χ4n) is 10.1. The summed E-state index contributed by atoms with van der Waals surface area (Å²) in [6.45, 7) is 10.3. The summed E-state index contributed by atoms with van der Waals surface area (Å²) in [7, 11) is 3.34.